The molecule has 1 fully saturated rings. The number of aliphatic carboxylic acids is 1. The zero-order chi connectivity index (χ0) is 11.8. The molecule has 0 saturated heterocycles. The van der Waals surface area contributed by atoms with Gasteiger partial charge in [-0.3, -0.25) is 4.79 Å². The molecule has 0 heterocycles. The van der Waals surface area contributed by atoms with Crippen LogP contribution in [-0.2, 0) is 4.79 Å². The lowest BCUT2D eigenvalue weighted by Gasteiger charge is -2.28. The maximum Gasteiger partial charge on any atom is 0.306 e. The summed E-state index contributed by atoms with van der Waals surface area (Å²) in [6.45, 7) is 3.52. The minimum Gasteiger partial charge on any atom is -0.481 e. The van der Waals surface area contributed by atoms with Gasteiger partial charge in [-0.05, 0) is 32.2 Å². The van der Waals surface area contributed by atoms with E-state index < -0.39 is 5.97 Å². The Morgan fingerprint density at radius 2 is 2.19 bits per heavy atom. The second kappa shape index (κ2) is 7.29. The zero-order valence-corrected chi connectivity index (χ0v) is 9.96. The van der Waals surface area contributed by atoms with Gasteiger partial charge in [-0.2, -0.15) is 0 Å². The number of carbonyl (C=O) groups is 1. The molecule has 0 aromatic heterocycles. The van der Waals surface area contributed by atoms with Gasteiger partial charge in [-0.25, -0.2) is 0 Å². The molecule has 0 aliphatic heterocycles. The molecule has 3 heteroatoms. The van der Waals surface area contributed by atoms with Gasteiger partial charge in [0.25, 0.3) is 0 Å². The van der Waals surface area contributed by atoms with Crippen LogP contribution in [0.25, 0.3) is 0 Å². The molecular weight excluding hydrogens is 202 g/mol. The topological polar surface area (TPSA) is 49.3 Å². The molecule has 90 valence electrons. The molecule has 16 heavy (non-hydrogen) atoms. The van der Waals surface area contributed by atoms with E-state index in [4.69, 9.17) is 5.11 Å². The van der Waals surface area contributed by atoms with E-state index in [1.165, 1.54) is 6.42 Å². The predicted molar refractivity (Wildman–Crippen MR) is 64.0 cm³/mol. The second-order valence-corrected chi connectivity index (χ2v) is 4.37. The number of nitrogens with one attached hydrogen (secondary N) is 1. The highest BCUT2D eigenvalue weighted by Crippen LogP contribution is 2.29. The fraction of sp³-hybridized carbons (Fsp3) is 0.769. The molecule has 1 saturated carbocycles. The van der Waals surface area contributed by atoms with Crippen LogP contribution in [0.4, 0.5) is 0 Å². The molecular formula is C13H21NO2. The quantitative estimate of drug-likeness (QED) is 0.552. The lowest BCUT2D eigenvalue weighted by molar-refractivity contribution is -0.144. The van der Waals surface area contributed by atoms with Crippen molar-refractivity contribution in [3.8, 4) is 11.8 Å². The molecule has 0 radical (unpaired) electrons. The molecule has 0 bridgehead atoms. The lowest BCUT2D eigenvalue weighted by atomic mass is 9.79. The largest absolute Gasteiger partial charge is 0.481 e. The Kier molecular flexibility index (Phi) is 5.95. The van der Waals surface area contributed by atoms with Crippen LogP contribution in [0.1, 0.15) is 39.0 Å². The summed E-state index contributed by atoms with van der Waals surface area (Å²) in [6.07, 6.45) is 4.97. The van der Waals surface area contributed by atoms with Crippen molar-refractivity contribution in [3.63, 3.8) is 0 Å². The Bertz CT molecular complexity index is 277. The SMILES string of the molecule is CC#CCCNCC1CCCCC1C(=O)O. The van der Waals surface area contributed by atoms with E-state index >= 15 is 0 Å². The van der Waals surface area contributed by atoms with Gasteiger partial charge in [-0.1, -0.05) is 12.8 Å². The number of hydrogen-bond acceptors (Lipinski definition) is 2. The van der Waals surface area contributed by atoms with Gasteiger partial charge in [-0.15, -0.1) is 11.8 Å². The smallest absolute Gasteiger partial charge is 0.306 e. The Morgan fingerprint density at radius 1 is 1.44 bits per heavy atom. The highest BCUT2D eigenvalue weighted by molar-refractivity contribution is 5.70. The molecule has 0 amide bonds. The van der Waals surface area contributed by atoms with E-state index in [0.29, 0.717) is 5.92 Å². The Balaban J connectivity index is 2.26. The summed E-state index contributed by atoms with van der Waals surface area (Å²) in [5.41, 5.74) is 0. The fourth-order valence-corrected chi connectivity index (χ4v) is 2.34. The van der Waals surface area contributed by atoms with Crippen LogP contribution >= 0.6 is 0 Å². The normalized spacial score (nSPS) is 24.6. The van der Waals surface area contributed by atoms with Gasteiger partial charge >= 0.3 is 5.97 Å². The number of carboxylic acid groups (broad SMARTS) is 1. The standard InChI is InChI=1S/C13H21NO2/c1-2-3-6-9-14-10-11-7-4-5-8-12(11)13(15)16/h11-12,14H,4-10H2,1H3,(H,15,16). The van der Waals surface area contributed by atoms with E-state index in [2.05, 4.69) is 17.2 Å². The van der Waals surface area contributed by atoms with Crippen molar-refractivity contribution in [3.05, 3.63) is 0 Å². The average molecular weight is 223 g/mol. The van der Waals surface area contributed by atoms with Crippen LogP contribution in [0.2, 0.25) is 0 Å². The van der Waals surface area contributed by atoms with Crippen molar-refractivity contribution < 1.29 is 9.90 Å². The van der Waals surface area contributed by atoms with Gasteiger partial charge in [0.05, 0.1) is 5.92 Å². The number of carboxylic acids is 1. The van der Waals surface area contributed by atoms with Crippen molar-refractivity contribution in [2.45, 2.75) is 39.0 Å². The summed E-state index contributed by atoms with van der Waals surface area (Å²) >= 11 is 0. The third-order valence-electron chi connectivity index (χ3n) is 3.24. The molecule has 0 aromatic rings. The van der Waals surface area contributed by atoms with Crippen LogP contribution < -0.4 is 5.32 Å². The molecule has 2 atom stereocenters. The van der Waals surface area contributed by atoms with Crippen LogP contribution in [0.5, 0.6) is 0 Å². The second-order valence-electron chi connectivity index (χ2n) is 4.37. The van der Waals surface area contributed by atoms with Crippen molar-refractivity contribution in [1.29, 1.82) is 0 Å². The first-order valence-corrected chi connectivity index (χ1v) is 6.09. The summed E-state index contributed by atoms with van der Waals surface area (Å²) in [6, 6.07) is 0. The average Bonchev–Trinajstić information content (AvgIpc) is 2.29. The van der Waals surface area contributed by atoms with Crippen LogP contribution in [0.3, 0.4) is 0 Å². The first kappa shape index (κ1) is 13.1. The minimum absolute atomic E-state index is 0.140. The van der Waals surface area contributed by atoms with E-state index in [1.54, 1.807) is 0 Å². The fourth-order valence-electron chi connectivity index (χ4n) is 2.34. The Morgan fingerprint density at radius 3 is 2.88 bits per heavy atom. The molecule has 3 nitrogen and oxygen atoms in total. The van der Waals surface area contributed by atoms with Crippen molar-refractivity contribution in [2.24, 2.45) is 11.8 Å². The van der Waals surface area contributed by atoms with Crippen LogP contribution in [0.15, 0.2) is 0 Å². The molecule has 2 N–H and O–H groups in total. The van der Waals surface area contributed by atoms with Gasteiger partial charge in [0.2, 0.25) is 0 Å². The maximum atomic E-state index is 11.0. The van der Waals surface area contributed by atoms with Gasteiger partial charge in [0.1, 0.15) is 0 Å². The molecule has 1 rings (SSSR count). The summed E-state index contributed by atoms with van der Waals surface area (Å²) < 4.78 is 0. The summed E-state index contributed by atoms with van der Waals surface area (Å²) in [7, 11) is 0. The van der Waals surface area contributed by atoms with Gasteiger partial charge in [0, 0.05) is 13.0 Å². The third-order valence-corrected chi connectivity index (χ3v) is 3.24. The van der Waals surface area contributed by atoms with E-state index in [0.717, 1.165) is 38.8 Å². The minimum atomic E-state index is -0.625. The Hall–Kier alpha value is -1.01. The third kappa shape index (κ3) is 4.24. The van der Waals surface area contributed by atoms with Crippen molar-refractivity contribution in [1.82, 2.24) is 5.32 Å². The molecule has 1 aliphatic rings. The first-order chi connectivity index (χ1) is 7.75. The summed E-state index contributed by atoms with van der Waals surface area (Å²) in [5.74, 6) is 5.38. The number of rotatable bonds is 5. The van der Waals surface area contributed by atoms with Crippen molar-refractivity contribution >= 4 is 5.97 Å². The molecule has 2 unspecified atom stereocenters. The summed E-state index contributed by atoms with van der Waals surface area (Å²) in [5, 5.41) is 12.4. The number of hydrogen-bond donors (Lipinski definition) is 2. The van der Waals surface area contributed by atoms with E-state index in [9.17, 15) is 4.79 Å². The van der Waals surface area contributed by atoms with Crippen LogP contribution in [-0.4, -0.2) is 24.2 Å². The Labute approximate surface area is 97.6 Å². The lowest BCUT2D eigenvalue weighted by Crippen LogP contribution is -2.35. The van der Waals surface area contributed by atoms with Crippen LogP contribution in [0, 0.1) is 23.7 Å². The van der Waals surface area contributed by atoms with Gasteiger partial charge in [0.15, 0.2) is 0 Å². The monoisotopic (exact) mass is 223 g/mol. The molecule has 0 spiro atoms. The first-order valence-electron chi connectivity index (χ1n) is 6.09. The zero-order valence-electron chi connectivity index (χ0n) is 9.96. The maximum absolute atomic E-state index is 11.0. The predicted octanol–water partition coefficient (Wildman–Crippen LogP) is 1.88. The molecule has 1 aliphatic carbocycles. The van der Waals surface area contributed by atoms with E-state index in [-0.39, 0.29) is 5.92 Å². The van der Waals surface area contributed by atoms with Gasteiger partial charge < -0.3 is 10.4 Å². The highest BCUT2D eigenvalue weighted by atomic mass is 16.4. The molecule has 0 aromatic carbocycles. The van der Waals surface area contributed by atoms with Crippen molar-refractivity contribution in [2.75, 3.05) is 13.1 Å². The highest BCUT2D eigenvalue weighted by Gasteiger charge is 2.29. The summed E-state index contributed by atoms with van der Waals surface area (Å²) in [4.78, 5) is 11.0. The van der Waals surface area contributed by atoms with E-state index in [1.807, 2.05) is 6.92 Å².